The van der Waals surface area contributed by atoms with Crippen LogP contribution in [-0.4, -0.2) is 60.3 Å². The van der Waals surface area contributed by atoms with Crippen LogP contribution in [0.1, 0.15) is 43.4 Å². The van der Waals surface area contributed by atoms with Crippen LogP contribution in [0.3, 0.4) is 0 Å². The summed E-state index contributed by atoms with van der Waals surface area (Å²) in [5, 5.41) is 1.22. The number of thiophene rings is 1. The number of nitrogens with zero attached hydrogens (tertiary/aromatic N) is 4. The predicted octanol–water partition coefficient (Wildman–Crippen LogP) is 3.86. The van der Waals surface area contributed by atoms with Gasteiger partial charge in [-0.3, -0.25) is 0 Å². The van der Waals surface area contributed by atoms with Gasteiger partial charge in [-0.1, -0.05) is 0 Å². The first kappa shape index (κ1) is 18.1. The molecule has 0 saturated carbocycles. The fourth-order valence-electron chi connectivity index (χ4n) is 4.36. The summed E-state index contributed by atoms with van der Waals surface area (Å²) in [4.78, 5) is 16.5. The Morgan fingerprint density at radius 1 is 1.27 bits per heavy atom. The first-order valence-corrected chi connectivity index (χ1v) is 10.8. The van der Waals surface area contributed by atoms with Gasteiger partial charge in [0.15, 0.2) is 0 Å². The van der Waals surface area contributed by atoms with E-state index in [4.69, 9.17) is 4.74 Å². The molecule has 2 fully saturated rings. The van der Waals surface area contributed by atoms with Crippen LogP contribution in [-0.2, 0) is 4.74 Å². The maximum atomic E-state index is 5.74. The molecule has 0 aromatic carbocycles. The molecule has 142 valence electrons. The zero-order valence-corrected chi connectivity index (χ0v) is 16.8. The van der Waals surface area contributed by atoms with E-state index in [1.54, 1.807) is 17.7 Å². The zero-order chi connectivity index (χ0) is 17.9. The second kappa shape index (κ2) is 8.19. The number of anilines is 1. The van der Waals surface area contributed by atoms with Crippen molar-refractivity contribution in [2.75, 3.05) is 38.2 Å². The second-order valence-electron chi connectivity index (χ2n) is 7.75. The Kier molecular flexibility index (Phi) is 5.72. The van der Waals surface area contributed by atoms with Crippen molar-refractivity contribution in [2.45, 2.75) is 57.6 Å². The average molecular weight is 375 g/mol. The second-order valence-corrected chi connectivity index (χ2v) is 8.98. The molecule has 6 heteroatoms. The van der Waals surface area contributed by atoms with Gasteiger partial charge in [0.25, 0.3) is 0 Å². The van der Waals surface area contributed by atoms with Crippen molar-refractivity contribution >= 4 is 27.4 Å². The summed E-state index contributed by atoms with van der Waals surface area (Å²) < 4.78 is 5.74. The zero-order valence-electron chi connectivity index (χ0n) is 16.0. The predicted molar refractivity (Wildman–Crippen MR) is 108 cm³/mol. The molecule has 2 aromatic rings. The van der Waals surface area contributed by atoms with Crippen molar-refractivity contribution in [3.63, 3.8) is 0 Å². The summed E-state index contributed by atoms with van der Waals surface area (Å²) in [5.74, 6) is 1.12. The number of rotatable bonds is 6. The summed E-state index contributed by atoms with van der Waals surface area (Å²) in [6.45, 7) is 6.47. The highest BCUT2D eigenvalue weighted by atomic mass is 32.1. The summed E-state index contributed by atoms with van der Waals surface area (Å²) in [6, 6.07) is 2.93. The number of hydrogen-bond acceptors (Lipinski definition) is 6. The molecule has 0 aliphatic carbocycles. The van der Waals surface area contributed by atoms with Gasteiger partial charge in [-0.15, -0.1) is 11.3 Å². The van der Waals surface area contributed by atoms with E-state index >= 15 is 0 Å². The Morgan fingerprint density at radius 2 is 2.12 bits per heavy atom. The molecule has 2 aliphatic heterocycles. The SMILES string of the molecule is Cc1cc2c(N3CCC(N(C)CCC[C@@H]4CCCO4)CC3)ncnc2s1. The normalized spacial score (nSPS) is 22.0. The highest BCUT2D eigenvalue weighted by Gasteiger charge is 2.25. The molecule has 2 aliphatic rings. The minimum absolute atomic E-state index is 0.527. The highest BCUT2D eigenvalue weighted by molar-refractivity contribution is 7.18. The van der Waals surface area contributed by atoms with Gasteiger partial charge in [0.1, 0.15) is 17.0 Å². The first-order chi connectivity index (χ1) is 12.7. The van der Waals surface area contributed by atoms with Crippen molar-refractivity contribution in [3.05, 3.63) is 17.3 Å². The Bertz CT molecular complexity index is 720. The van der Waals surface area contributed by atoms with Crippen LogP contribution in [0.4, 0.5) is 5.82 Å². The average Bonchev–Trinajstić information content (AvgIpc) is 3.30. The van der Waals surface area contributed by atoms with Gasteiger partial charge < -0.3 is 14.5 Å². The summed E-state index contributed by atoms with van der Waals surface area (Å²) >= 11 is 1.76. The van der Waals surface area contributed by atoms with Gasteiger partial charge in [-0.25, -0.2) is 9.97 Å². The molecule has 5 nitrogen and oxygen atoms in total. The molecule has 0 N–H and O–H groups in total. The third-order valence-electron chi connectivity index (χ3n) is 5.88. The minimum atomic E-state index is 0.527. The quantitative estimate of drug-likeness (QED) is 0.768. The van der Waals surface area contributed by atoms with E-state index in [1.807, 2.05) is 0 Å². The maximum Gasteiger partial charge on any atom is 0.140 e. The molecule has 0 unspecified atom stereocenters. The Balaban J connectivity index is 1.29. The van der Waals surface area contributed by atoms with Crippen LogP contribution in [0.2, 0.25) is 0 Å². The van der Waals surface area contributed by atoms with Gasteiger partial charge in [0.05, 0.1) is 11.5 Å². The Hall–Kier alpha value is -1.24. The van der Waals surface area contributed by atoms with Crippen molar-refractivity contribution in [2.24, 2.45) is 0 Å². The van der Waals surface area contributed by atoms with E-state index in [2.05, 4.69) is 39.8 Å². The lowest BCUT2D eigenvalue weighted by atomic mass is 10.0. The number of aryl methyl sites for hydroxylation is 1. The standard InChI is InChI=1S/C20H30N4OS/c1-15-13-18-19(21-14-22-20(18)26-15)24-10-7-16(8-11-24)23(2)9-3-5-17-6-4-12-25-17/h13-14,16-17H,3-12H2,1-2H3/t17-/m1/s1. The number of piperidine rings is 1. The topological polar surface area (TPSA) is 41.5 Å². The van der Waals surface area contributed by atoms with Crippen molar-refractivity contribution in [1.82, 2.24) is 14.9 Å². The van der Waals surface area contributed by atoms with Gasteiger partial charge in [0, 0.05) is 30.6 Å². The molecular weight excluding hydrogens is 344 g/mol. The van der Waals surface area contributed by atoms with Gasteiger partial charge >= 0.3 is 0 Å². The number of hydrogen-bond donors (Lipinski definition) is 0. The number of fused-ring (bicyclic) bond motifs is 1. The van der Waals surface area contributed by atoms with Crippen LogP contribution < -0.4 is 4.90 Å². The van der Waals surface area contributed by atoms with Gasteiger partial charge in [-0.05, 0) is 65.1 Å². The third-order valence-corrected chi connectivity index (χ3v) is 6.84. The lowest BCUT2D eigenvalue weighted by molar-refractivity contribution is 0.0969. The third kappa shape index (κ3) is 4.02. The Labute approximate surface area is 160 Å². The molecule has 0 radical (unpaired) electrons. The van der Waals surface area contributed by atoms with Crippen molar-refractivity contribution < 1.29 is 4.74 Å². The smallest absolute Gasteiger partial charge is 0.140 e. The van der Waals surface area contributed by atoms with E-state index in [0.29, 0.717) is 12.1 Å². The van der Waals surface area contributed by atoms with Gasteiger partial charge in [0.2, 0.25) is 0 Å². The molecular formula is C20H30N4OS. The van der Waals surface area contributed by atoms with Crippen LogP contribution in [0.5, 0.6) is 0 Å². The molecule has 1 atom stereocenters. The molecule has 26 heavy (non-hydrogen) atoms. The maximum absolute atomic E-state index is 5.74. The molecule has 0 amide bonds. The fraction of sp³-hybridized carbons (Fsp3) is 0.700. The molecule has 0 spiro atoms. The lowest BCUT2D eigenvalue weighted by Crippen LogP contribution is -2.44. The largest absolute Gasteiger partial charge is 0.378 e. The summed E-state index contributed by atoms with van der Waals surface area (Å²) in [6.07, 6.45) is 9.66. The van der Waals surface area contributed by atoms with Crippen LogP contribution in [0, 0.1) is 6.92 Å². The monoisotopic (exact) mass is 374 g/mol. The van der Waals surface area contributed by atoms with E-state index in [0.717, 1.165) is 30.3 Å². The molecule has 4 rings (SSSR count). The van der Waals surface area contributed by atoms with E-state index in [9.17, 15) is 0 Å². The van der Waals surface area contributed by atoms with E-state index in [-0.39, 0.29) is 0 Å². The van der Waals surface area contributed by atoms with Crippen molar-refractivity contribution in [3.8, 4) is 0 Å². The summed E-state index contributed by atoms with van der Waals surface area (Å²) in [5.41, 5.74) is 0. The minimum Gasteiger partial charge on any atom is -0.378 e. The molecule has 4 heterocycles. The van der Waals surface area contributed by atoms with Crippen LogP contribution in [0.25, 0.3) is 10.2 Å². The Morgan fingerprint density at radius 3 is 2.88 bits per heavy atom. The molecule has 0 bridgehead atoms. The van der Waals surface area contributed by atoms with Crippen LogP contribution >= 0.6 is 11.3 Å². The van der Waals surface area contributed by atoms with E-state index < -0.39 is 0 Å². The van der Waals surface area contributed by atoms with Crippen molar-refractivity contribution in [1.29, 1.82) is 0 Å². The number of ether oxygens (including phenoxy) is 1. The molecule has 2 saturated heterocycles. The number of aromatic nitrogens is 2. The summed E-state index contributed by atoms with van der Waals surface area (Å²) in [7, 11) is 2.29. The molecule has 2 aromatic heterocycles. The first-order valence-electron chi connectivity index (χ1n) is 9.98. The fourth-order valence-corrected chi connectivity index (χ4v) is 5.20. The lowest BCUT2D eigenvalue weighted by Gasteiger charge is -2.37. The van der Waals surface area contributed by atoms with Gasteiger partial charge in [-0.2, -0.15) is 0 Å². The van der Waals surface area contributed by atoms with E-state index in [1.165, 1.54) is 55.3 Å². The van der Waals surface area contributed by atoms with Crippen LogP contribution in [0.15, 0.2) is 12.4 Å². The highest BCUT2D eigenvalue weighted by Crippen LogP contribution is 2.31.